The molecule has 9 heteroatoms. The summed E-state index contributed by atoms with van der Waals surface area (Å²) in [6, 6.07) is 13.0. The van der Waals surface area contributed by atoms with Crippen LogP contribution in [0.15, 0.2) is 54.9 Å². The molecule has 0 saturated carbocycles. The number of carbonyl (C=O) groups is 1. The summed E-state index contributed by atoms with van der Waals surface area (Å²) >= 11 is 0. The van der Waals surface area contributed by atoms with Crippen molar-refractivity contribution in [2.45, 2.75) is 26.5 Å². The topological polar surface area (TPSA) is 117 Å². The van der Waals surface area contributed by atoms with Gasteiger partial charge in [-0.15, -0.1) is 5.10 Å². The molecule has 164 valence electrons. The van der Waals surface area contributed by atoms with E-state index in [1.165, 1.54) is 7.11 Å². The summed E-state index contributed by atoms with van der Waals surface area (Å²) in [5.41, 5.74) is 9.04. The van der Waals surface area contributed by atoms with E-state index in [0.29, 0.717) is 17.8 Å². The molecule has 0 unspecified atom stereocenters. The number of rotatable bonds is 7. The zero-order valence-electron chi connectivity index (χ0n) is 18.1. The predicted molar refractivity (Wildman–Crippen MR) is 121 cm³/mol. The maximum absolute atomic E-state index is 13.0. The van der Waals surface area contributed by atoms with Gasteiger partial charge in [0.15, 0.2) is 5.65 Å². The van der Waals surface area contributed by atoms with Crippen LogP contribution in [-0.2, 0) is 6.54 Å². The Bertz CT molecular complexity index is 1270. The number of methoxy groups -OCH3 is 1. The van der Waals surface area contributed by atoms with Gasteiger partial charge in [0.25, 0.3) is 5.91 Å². The van der Waals surface area contributed by atoms with Gasteiger partial charge < -0.3 is 20.5 Å². The first-order valence-corrected chi connectivity index (χ1v) is 10.1. The summed E-state index contributed by atoms with van der Waals surface area (Å²) < 4.78 is 12.7. The van der Waals surface area contributed by atoms with Gasteiger partial charge in [-0.25, -0.2) is 9.50 Å². The zero-order chi connectivity index (χ0) is 22.7. The average molecular weight is 432 g/mol. The number of hydrogen-bond donors (Lipinski definition) is 2. The minimum atomic E-state index is -0.302. The zero-order valence-corrected chi connectivity index (χ0v) is 18.1. The van der Waals surface area contributed by atoms with Crippen LogP contribution in [0.5, 0.6) is 11.6 Å². The molecule has 9 nitrogen and oxygen atoms in total. The van der Waals surface area contributed by atoms with Crippen molar-refractivity contribution >= 4 is 17.5 Å². The number of nitrogens with zero attached hydrogens (tertiary/aromatic N) is 4. The fraction of sp³-hybridized carbons (Fsp3) is 0.217. The molecule has 0 saturated heterocycles. The van der Waals surface area contributed by atoms with Crippen LogP contribution in [0, 0.1) is 0 Å². The number of ether oxygens (including phenoxy) is 2. The molecule has 0 spiro atoms. The monoisotopic (exact) mass is 432 g/mol. The first kappa shape index (κ1) is 21.1. The number of hydrogen-bond acceptors (Lipinski definition) is 7. The number of nitrogens with one attached hydrogen (secondary N) is 1. The number of amides is 1. The molecule has 0 aliphatic rings. The van der Waals surface area contributed by atoms with Crippen molar-refractivity contribution in [3.63, 3.8) is 0 Å². The lowest BCUT2D eigenvalue weighted by molar-refractivity contribution is 0.0946. The Morgan fingerprint density at radius 3 is 2.78 bits per heavy atom. The van der Waals surface area contributed by atoms with Gasteiger partial charge in [0.2, 0.25) is 11.8 Å². The first-order chi connectivity index (χ1) is 15.4. The lowest BCUT2D eigenvalue weighted by Gasteiger charge is -2.15. The molecule has 0 bridgehead atoms. The molecule has 0 atom stereocenters. The molecule has 3 N–H and O–H groups in total. The lowest BCUT2D eigenvalue weighted by atomic mass is 10.1. The SMILES string of the molecule is COc1ncc(-c2ccn3nc(N)nc3c2)cc1C(=O)NCc1ccccc1OC(C)C. The van der Waals surface area contributed by atoms with Crippen molar-refractivity contribution in [3.8, 4) is 22.8 Å². The first-order valence-electron chi connectivity index (χ1n) is 10.1. The van der Waals surface area contributed by atoms with Crippen LogP contribution in [0.2, 0.25) is 0 Å². The van der Waals surface area contributed by atoms with Gasteiger partial charge in [0, 0.05) is 30.1 Å². The number of aromatic nitrogens is 4. The Labute approximate surface area is 185 Å². The van der Waals surface area contributed by atoms with E-state index in [0.717, 1.165) is 22.4 Å². The van der Waals surface area contributed by atoms with Crippen molar-refractivity contribution in [2.24, 2.45) is 0 Å². The van der Waals surface area contributed by atoms with Crippen LogP contribution in [0.1, 0.15) is 29.8 Å². The fourth-order valence-corrected chi connectivity index (χ4v) is 3.30. The number of fused-ring (bicyclic) bond motifs is 1. The van der Waals surface area contributed by atoms with Crippen molar-refractivity contribution < 1.29 is 14.3 Å². The quantitative estimate of drug-likeness (QED) is 0.461. The second-order valence-corrected chi connectivity index (χ2v) is 7.43. The summed E-state index contributed by atoms with van der Waals surface area (Å²) in [5, 5.41) is 7.01. The van der Waals surface area contributed by atoms with Crippen molar-refractivity contribution in [3.05, 3.63) is 66.0 Å². The molecule has 0 aliphatic heterocycles. The molecule has 0 radical (unpaired) electrons. The van der Waals surface area contributed by atoms with Gasteiger partial charge in [-0.3, -0.25) is 4.79 Å². The second kappa shape index (κ2) is 8.93. The third-order valence-corrected chi connectivity index (χ3v) is 4.75. The summed E-state index contributed by atoms with van der Waals surface area (Å²) in [7, 11) is 1.48. The molecule has 1 aromatic carbocycles. The minimum Gasteiger partial charge on any atom is -0.491 e. The van der Waals surface area contributed by atoms with Gasteiger partial charge in [-0.2, -0.15) is 4.98 Å². The molecule has 4 aromatic rings. The number of nitrogens with two attached hydrogens (primary N) is 1. The number of anilines is 1. The van der Waals surface area contributed by atoms with E-state index in [2.05, 4.69) is 20.4 Å². The van der Waals surface area contributed by atoms with Gasteiger partial charge in [0.05, 0.1) is 13.2 Å². The summed E-state index contributed by atoms with van der Waals surface area (Å²) in [5.74, 6) is 0.869. The van der Waals surface area contributed by atoms with E-state index in [-0.39, 0.29) is 23.8 Å². The van der Waals surface area contributed by atoms with Gasteiger partial charge in [-0.1, -0.05) is 18.2 Å². The molecule has 4 rings (SSSR count). The molecule has 1 amide bonds. The number of nitrogen functional groups attached to an aromatic ring is 1. The van der Waals surface area contributed by atoms with Crippen molar-refractivity contribution in [1.29, 1.82) is 0 Å². The Morgan fingerprint density at radius 1 is 1.19 bits per heavy atom. The highest BCUT2D eigenvalue weighted by molar-refractivity contribution is 5.97. The van der Waals surface area contributed by atoms with Crippen LogP contribution in [0.25, 0.3) is 16.8 Å². The molecule has 3 aromatic heterocycles. The maximum atomic E-state index is 13.0. The number of pyridine rings is 2. The van der Waals surface area contributed by atoms with Crippen LogP contribution in [0.4, 0.5) is 5.95 Å². The second-order valence-electron chi connectivity index (χ2n) is 7.43. The van der Waals surface area contributed by atoms with Gasteiger partial charge in [-0.05, 0) is 43.7 Å². The summed E-state index contributed by atoms with van der Waals surface area (Å²) in [6.07, 6.45) is 3.43. The Morgan fingerprint density at radius 2 is 2.00 bits per heavy atom. The molecule has 0 aliphatic carbocycles. The third-order valence-electron chi connectivity index (χ3n) is 4.75. The van der Waals surface area contributed by atoms with Gasteiger partial charge >= 0.3 is 0 Å². The molecule has 3 heterocycles. The van der Waals surface area contributed by atoms with E-state index in [9.17, 15) is 4.79 Å². The van der Waals surface area contributed by atoms with Crippen molar-refractivity contribution in [2.75, 3.05) is 12.8 Å². The number of para-hydroxylation sites is 1. The largest absolute Gasteiger partial charge is 0.491 e. The van der Waals surface area contributed by atoms with Crippen LogP contribution < -0.4 is 20.5 Å². The number of benzene rings is 1. The smallest absolute Gasteiger partial charge is 0.257 e. The van der Waals surface area contributed by atoms with Crippen molar-refractivity contribution in [1.82, 2.24) is 24.9 Å². The fourth-order valence-electron chi connectivity index (χ4n) is 3.30. The Balaban J connectivity index is 1.59. The maximum Gasteiger partial charge on any atom is 0.257 e. The van der Waals surface area contributed by atoms with E-state index in [1.807, 2.05) is 50.2 Å². The van der Waals surface area contributed by atoms with E-state index in [4.69, 9.17) is 15.2 Å². The number of carbonyl (C=O) groups excluding carboxylic acids is 1. The Kier molecular flexibility index (Phi) is 5.89. The highest BCUT2D eigenvalue weighted by Crippen LogP contribution is 2.26. The summed E-state index contributed by atoms with van der Waals surface area (Å²) in [6.45, 7) is 4.23. The van der Waals surface area contributed by atoms with Crippen LogP contribution in [0.3, 0.4) is 0 Å². The standard InChI is InChI=1S/C23H24N6O3/c1-14(2)32-19-7-5-4-6-16(19)12-25-21(30)18-10-17(13-26-22(18)31-3)15-8-9-29-20(11-15)27-23(24)28-29/h4-11,13-14H,12H2,1-3H3,(H2,24,28)(H,25,30). The normalized spacial score (nSPS) is 11.0. The van der Waals surface area contributed by atoms with E-state index >= 15 is 0 Å². The molecule has 32 heavy (non-hydrogen) atoms. The van der Waals surface area contributed by atoms with Gasteiger partial charge in [0.1, 0.15) is 11.3 Å². The highest BCUT2D eigenvalue weighted by Gasteiger charge is 2.16. The third kappa shape index (κ3) is 4.46. The molecular formula is C23H24N6O3. The van der Waals surface area contributed by atoms with E-state index in [1.54, 1.807) is 23.0 Å². The van der Waals surface area contributed by atoms with E-state index < -0.39 is 0 Å². The predicted octanol–water partition coefficient (Wildman–Crippen LogP) is 3.10. The highest BCUT2D eigenvalue weighted by atomic mass is 16.5. The average Bonchev–Trinajstić information content (AvgIpc) is 3.16. The summed E-state index contributed by atoms with van der Waals surface area (Å²) in [4.78, 5) is 21.5. The lowest BCUT2D eigenvalue weighted by Crippen LogP contribution is -2.24. The minimum absolute atomic E-state index is 0.0331. The Hall–Kier alpha value is -4.14. The molecule has 0 fully saturated rings. The van der Waals surface area contributed by atoms with Crippen LogP contribution >= 0.6 is 0 Å². The van der Waals surface area contributed by atoms with Crippen LogP contribution in [-0.4, -0.2) is 38.7 Å². The molecular weight excluding hydrogens is 408 g/mol.